The average Bonchev–Trinajstić information content (AvgIpc) is 2.93. The molecular weight excluding hydrogens is 208 g/mol. The van der Waals surface area contributed by atoms with Gasteiger partial charge in [-0.15, -0.1) is 11.3 Å². The molecule has 3 nitrogen and oxygen atoms in total. The number of thiophene rings is 1. The van der Waals surface area contributed by atoms with E-state index in [1.54, 1.807) is 11.3 Å². The smallest absolute Gasteiger partial charge is 0.221 e. The van der Waals surface area contributed by atoms with E-state index in [0.717, 1.165) is 0 Å². The maximum atomic E-state index is 11.5. The lowest BCUT2D eigenvalue weighted by Gasteiger charge is -2.09. The maximum absolute atomic E-state index is 11.5. The molecule has 1 saturated carbocycles. The van der Waals surface area contributed by atoms with Crippen LogP contribution in [0.3, 0.4) is 0 Å². The molecule has 1 amide bonds. The van der Waals surface area contributed by atoms with Gasteiger partial charge < -0.3 is 11.1 Å². The number of carbonyl (C=O) groups is 1. The van der Waals surface area contributed by atoms with Crippen molar-refractivity contribution in [1.82, 2.24) is 5.32 Å². The molecule has 2 rings (SSSR count). The third-order valence-corrected chi connectivity index (χ3v) is 3.56. The number of hydrogen-bond donors (Lipinski definition) is 2. The first-order valence-electron chi connectivity index (χ1n) is 5.30. The summed E-state index contributed by atoms with van der Waals surface area (Å²) >= 11 is 1.66. The zero-order valence-corrected chi connectivity index (χ0v) is 9.43. The summed E-state index contributed by atoms with van der Waals surface area (Å²) in [6, 6.07) is 4.07. The average molecular weight is 224 g/mol. The Balaban J connectivity index is 1.68. The monoisotopic (exact) mass is 224 g/mol. The Bertz CT molecular complexity index is 319. The van der Waals surface area contributed by atoms with Gasteiger partial charge in [-0.3, -0.25) is 4.79 Å². The van der Waals surface area contributed by atoms with Crippen LogP contribution < -0.4 is 11.1 Å². The van der Waals surface area contributed by atoms with Crippen molar-refractivity contribution >= 4 is 17.2 Å². The van der Waals surface area contributed by atoms with E-state index in [-0.39, 0.29) is 11.9 Å². The van der Waals surface area contributed by atoms with Crippen LogP contribution in [-0.2, 0) is 11.3 Å². The predicted octanol–water partition coefficient (Wildman–Crippen LogP) is 1.49. The summed E-state index contributed by atoms with van der Waals surface area (Å²) in [5.74, 6) is 0.667. The SMILES string of the molecule is NC(CC(=O)NCc1cccs1)C1CC1. The van der Waals surface area contributed by atoms with E-state index < -0.39 is 0 Å². The van der Waals surface area contributed by atoms with Crippen molar-refractivity contribution in [3.05, 3.63) is 22.4 Å². The second kappa shape index (κ2) is 4.77. The standard InChI is InChI=1S/C11H16N2OS/c12-10(8-3-4-8)6-11(14)13-7-9-2-1-5-15-9/h1-2,5,8,10H,3-4,6-7,12H2,(H,13,14). The molecule has 1 fully saturated rings. The highest BCUT2D eigenvalue weighted by atomic mass is 32.1. The van der Waals surface area contributed by atoms with Crippen LogP contribution in [0.25, 0.3) is 0 Å². The van der Waals surface area contributed by atoms with Gasteiger partial charge in [-0.05, 0) is 30.2 Å². The Morgan fingerprint density at radius 3 is 3.07 bits per heavy atom. The summed E-state index contributed by atoms with van der Waals surface area (Å²) in [6.45, 7) is 0.633. The van der Waals surface area contributed by atoms with E-state index in [4.69, 9.17) is 5.73 Å². The van der Waals surface area contributed by atoms with Gasteiger partial charge >= 0.3 is 0 Å². The summed E-state index contributed by atoms with van der Waals surface area (Å²) in [5, 5.41) is 4.90. The molecule has 0 saturated heterocycles. The van der Waals surface area contributed by atoms with Crippen molar-refractivity contribution in [1.29, 1.82) is 0 Å². The molecule has 1 heterocycles. The van der Waals surface area contributed by atoms with E-state index in [9.17, 15) is 4.79 Å². The number of hydrogen-bond acceptors (Lipinski definition) is 3. The minimum atomic E-state index is 0.0633. The van der Waals surface area contributed by atoms with Crippen LogP contribution in [-0.4, -0.2) is 11.9 Å². The molecule has 4 heteroatoms. The molecule has 15 heavy (non-hydrogen) atoms. The van der Waals surface area contributed by atoms with Gasteiger partial charge in [-0.2, -0.15) is 0 Å². The van der Waals surface area contributed by atoms with Gasteiger partial charge in [0.15, 0.2) is 0 Å². The topological polar surface area (TPSA) is 55.1 Å². The molecular formula is C11H16N2OS. The van der Waals surface area contributed by atoms with Crippen molar-refractivity contribution in [3.8, 4) is 0 Å². The minimum absolute atomic E-state index is 0.0633. The number of carbonyl (C=O) groups excluding carboxylic acids is 1. The zero-order chi connectivity index (χ0) is 10.7. The number of nitrogens with one attached hydrogen (secondary N) is 1. The lowest BCUT2D eigenvalue weighted by molar-refractivity contribution is -0.121. The predicted molar refractivity (Wildman–Crippen MR) is 61.5 cm³/mol. The Morgan fingerprint density at radius 2 is 2.47 bits per heavy atom. The van der Waals surface area contributed by atoms with Crippen LogP contribution in [0.1, 0.15) is 24.1 Å². The van der Waals surface area contributed by atoms with Crippen LogP contribution in [0, 0.1) is 5.92 Å². The van der Waals surface area contributed by atoms with E-state index in [1.165, 1.54) is 17.7 Å². The maximum Gasteiger partial charge on any atom is 0.221 e. The molecule has 82 valence electrons. The van der Waals surface area contributed by atoms with Gasteiger partial charge in [0.25, 0.3) is 0 Å². The molecule has 1 aromatic rings. The third-order valence-electron chi connectivity index (χ3n) is 2.69. The van der Waals surface area contributed by atoms with Crippen molar-refractivity contribution < 1.29 is 4.79 Å². The lowest BCUT2D eigenvalue weighted by Crippen LogP contribution is -2.32. The second-order valence-corrected chi connectivity index (χ2v) is 5.09. The van der Waals surface area contributed by atoms with Crippen molar-refractivity contribution in [2.45, 2.75) is 31.8 Å². The number of rotatable bonds is 5. The van der Waals surface area contributed by atoms with Crippen LogP contribution in [0.2, 0.25) is 0 Å². The summed E-state index contributed by atoms with van der Waals surface area (Å²) in [5.41, 5.74) is 5.87. The Kier molecular flexibility index (Phi) is 3.38. The normalized spacial score (nSPS) is 17.4. The van der Waals surface area contributed by atoms with Gasteiger partial charge in [0.05, 0.1) is 6.54 Å². The molecule has 0 radical (unpaired) electrons. The highest BCUT2D eigenvalue weighted by Crippen LogP contribution is 2.32. The van der Waals surface area contributed by atoms with E-state index in [1.807, 2.05) is 17.5 Å². The van der Waals surface area contributed by atoms with E-state index in [0.29, 0.717) is 18.9 Å². The molecule has 1 unspecified atom stereocenters. The quantitative estimate of drug-likeness (QED) is 0.796. The highest BCUT2D eigenvalue weighted by molar-refractivity contribution is 7.09. The van der Waals surface area contributed by atoms with Gasteiger partial charge in [0.1, 0.15) is 0 Å². The van der Waals surface area contributed by atoms with Crippen molar-refractivity contribution in [2.75, 3.05) is 0 Å². The van der Waals surface area contributed by atoms with Crippen LogP contribution in [0.4, 0.5) is 0 Å². The molecule has 1 aliphatic carbocycles. The van der Waals surface area contributed by atoms with Crippen molar-refractivity contribution in [2.24, 2.45) is 11.7 Å². The fourth-order valence-electron chi connectivity index (χ4n) is 1.58. The first-order valence-corrected chi connectivity index (χ1v) is 6.18. The molecule has 0 bridgehead atoms. The Morgan fingerprint density at radius 1 is 1.67 bits per heavy atom. The van der Waals surface area contributed by atoms with Gasteiger partial charge in [0, 0.05) is 17.3 Å². The molecule has 1 aromatic heterocycles. The molecule has 0 spiro atoms. The number of nitrogens with two attached hydrogens (primary N) is 1. The summed E-state index contributed by atoms with van der Waals surface area (Å²) < 4.78 is 0. The summed E-state index contributed by atoms with van der Waals surface area (Å²) in [7, 11) is 0. The van der Waals surface area contributed by atoms with Gasteiger partial charge in [0.2, 0.25) is 5.91 Å². The van der Waals surface area contributed by atoms with Gasteiger partial charge in [-0.1, -0.05) is 6.07 Å². The van der Waals surface area contributed by atoms with Crippen LogP contribution >= 0.6 is 11.3 Å². The lowest BCUT2D eigenvalue weighted by atomic mass is 10.1. The minimum Gasteiger partial charge on any atom is -0.351 e. The molecule has 3 N–H and O–H groups in total. The Labute approximate surface area is 93.7 Å². The zero-order valence-electron chi connectivity index (χ0n) is 8.61. The summed E-state index contributed by atoms with van der Waals surface area (Å²) in [6.07, 6.45) is 2.86. The third kappa shape index (κ3) is 3.32. The second-order valence-electron chi connectivity index (χ2n) is 4.06. The Hall–Kier alpha value is -0.870. The largest absolute Gasteiger partial charge is 0.351 e. The number of amides is 1. The van der Waals surface area contributed by atoms with Crippen LogP contribution in [0.5, 0.6) is 0 Å². The van der Waals surface area contributed by atoms with E-state index in [2.05, 4.69) is 5.32 Å². The first-order chi connectivity index (χ1) is 7.25. The molecule has 0 aromatic carbocycles. The fourth-order valence-corrected chi connectivity index (χ4v) is 2.22. The summed E-state index contributed by atoms with van der Waals surface area (Å²) in [4.78, 5) is 12.7. The molecule has 1 atom stereocenters. The first kappa shape index (κ1) is 10.6. The van der Waals surface area contributed by atoms with E-state index >= 15 is 0 Å². The highest BCUT2D eigenvalue weighted by Gasteiger charge is 2.29. The molecule has 1 aliphatic rings. The fraction of sp³-hybridized carbons (Fsp3) is 0.545. The van der Waals surface area contributed by atoms with Gasteiger partial charge in [-0.25, -0.2) is 0 Å². The van der Waals surface area contributed by atoms with Crippen LogP contribution in [0.15, 0.2) is 17.5 Å². The van der Waals surface area contributed by atoms with Crippen molar-refractivity contribution in [3.63, 3.8) is 0 Å². The molecule has 0 aliphatic heterocycles.